The average Bonchev–Trinajstić information content (AvgIpc) is 3.03. The minimum atomic E-state index is 0.564. The van der Waals surface area contributed by atoms with E-state index < -0.39 is 0 Å². The summed E-state index contributed by atoms with van der Waals surface area (Å²) in [5.74, 6) is 2.86. The van der Waals surface area contributed by atoms with E-state index >= 15 is 0 Å². The van der Waals surface area contributed by atoms with Crippen molar-refractivity contribution < 1.29 is 4.42 Å². The third-order valence-corrected chi connectivity index (χ3v) is 3.72. The number of thioether (sulfide) groups is 2. The van der Waals surface area contributed by atoms with Crippen molar-refractivity contribution >= 4 is 23.5 Å². The zero-order valence-electron chi connectivity index (χ0n) is 10.9. The molecular weight excluding hydrogens is 284 g/mol. The molecule has 2 aromatic heterocycles. The summed E-state index contributed by atoms with van der Waals surface area (Å²) in [5, 5.41) is 20.2. The maximum absolute atomic E-state index is 5.49. The molecule has 7 nitrogen and oxygen atoms in total. The molecule has 0 radical (unpaired) electrons. The van der Waals surface area contributed by atoms with Gasteiger partial charge in [-0.2, -0.15) is 11.8 Å². The average molecular weight is 300 g/mol. The second kappa shape index (κ2) is 7.49. The van der Waals surface area contributed by atoms with E-state index in [2.05, 4.69) is 32.6 Å². The number of tetrazole rings is 1. The van der Waals surface area contributed by atoms with Crippen molar-refractivity contribution in [2.75, 3.05) is 6.26 Å². The van der Waals surface area contributed by atoms with Crippen molar-refractivity contribution in [1.82, 2.24) is 30.4 Å². The van der Waals surface area contributed by atoms with Crippen molar-refractivity contribution in [3.8, 4) is 0 Å². The Morgan fingerprint density at radius 1 is 1.21 bits per heavy atom. The van der Waals surface area contributed by atoms with Gasteiger partial charge in [0.2, 0.25) is 5.89 Å². The van der Waals surface area contributed by atoms with Crippen molar-refractivity contribution in [2.45, 2.75) is 43.0 Å². The van der Waals surface area contributed by atoms with Crippen LogP contribution >= 0.6 is 23.5 Å². The van der Waals surface area contributed by atoms with Gasteiger partial charge in [0.15, 0.2) is 5.82 Å². The minimum absolute atomic E-state index is 0.564. The van der Waals surface area contributed by atoms with Crippen LogP contribution in [0.3, 0.4) is 0 Å². The van der Waals surface area contributed by atoms with Crippen LogP contribution in [0.1, 0.15) is 31.5 Å². The van der Waals surface area contributed by atoms with Gasteiger partial charge in [0.1, 0.15) is 0 Å². The first kappa shape index (κ1) is 14.3. The quantitative estimate of drug-likeness (QED) is 0.685. The molecule has 2 rings (SSSR count). The number of rotatable bonds is 8. The number of nitrogens with zero attached hydrogens (tertiary/aromatic N) is 6. The van der Waals surface area contributed by atoms with E-state index in [9.17, 15) is 0 Å². The lowest BCUT2D eigenvalue weighted by atomic mass is 10.3. The molecular formula is C10H16N6OS2. The molecule has 2 aromatic rings. The Morgan fingerprint density at radius 2 is 2.11 bits per heavy atom. The normalized spacial score (nSPS) is 11.1. The smallest absolute Gasteiger partial charge is 0.277 e. The molecule has 0 aliphatic heterocycles. The largest absolute Gasteiger partial charge is 0.415 e. The van der Waals surface area contributed by atoms with Gasteiger partial charge in [-0.15, -0.1) is 15.3 Å². The summed E-state index contributed by atoms with van der Waals surface area (Å²) in [7, 11) is 0. The zero-order chi connectivity index (χ0) is 13.5. The summed E-state index contributed by atoms with van der Waals surface area (Å²) in [4.78, 5) is 0. The highest BCUT2D eigenvalue weighted by atomic mass is 32.2. The Hall–Kier alpha value is -1.09. The van der Waals surface area contributed by atoms with Crippen LogP contribution in [-0.2, 0) is 18.1 Å². The zero-order valence-corrected chi connectivity index (χ0v) is 12.6. The van der Waals surface area contributed by atoms with E-state index in [1.54, 1.807) is 11.8 Å². The SMILES string of the molecule is CCCCn1nnnc1CSc1nnc(CSC)o1. The molecule has 0 amide bonds. The fraction of sp³-hybridized carbons (Fsp3) is 0.700. The van der Waals surface area contributed by atoms with Gasteiger partial charge in [-0.1, -0.05) is 25.1 Å². The van der Waals surface area contributed by atoms with Gasteiger partial charge >= 0.3 is 0 Å². The van der Waals surface area contributed by atoms with E-state index in [1.165, 1.54) is 11.8 Å². The van der Waals surface area contributed by atoms with Gasteiger partial charge in [-0.25, -0.2) is 4.68 Å². The highest BCUT2D eigenvalue weighted by Gasteiger charge is 2.10. The predicted molar refractivity (Wildman–Crippen MR) is 73.8 cm³/mol. The molecule has 0 aliphatic carbocycles. The minimum Gasteiger partial charge on any atom is -0.415 e. The topological polar surface area (TPSA) is 82.5 Å². The van der Waals surface area contributed by atoms with Crippen molar-refractivity contribution in [1.29, 1.82) is 0 Å². The lowest BCUT2D eigenvalue weighted by molar-refractivity contribution is 0.426. The van der Waals surface area contributed by atoms with Crippen LogP contribution in [-0.4, -0.2) is 36.7 Å². The molecule has 2 heterocycles. The summed E-state index contributed by atoms with van der Waals surface area (Å²) in [6, 6.07) is 0. The monoisotopic (exact) mass is 300 g/mol. The Bertz CT molecular complexity index is 500. The molecule has 0 spiro atoms. The lowest BCUT2D eigenvalue weighted by Crippen LogP contribution is -2.04. The van der Waals surface area contributed by atoms with Crippen LogP contribution in [0.5, 0.6) is 0 Å². The number of unbranched alkanes of at least 4 members (excludes halogenated alkanes) is 1. The molecule has 0 N–H and O–H groups in total. The second-order valence-electron chi connectivity index (χ2n) is 3.86. The molecule has 0 aliphatic rings. The maximum Gasteiger partial charge on any atom is 0.277 e. The maximum atomic E-state index is 5.49. The van der Waals surface area contributed by atoms with Crippen LogP contribution in [0, 0.1) is 0 Å². The third kappa shape index (κ3) is 4.20. The number of hydrogen-bond acceptors (Lipinski definition) is 8. The van der Waals surface area contributed by atoms with E-state index in [0.29, 0.717) is 16.9 Å². The summed E-state index contributed by atoms with van der Waals surface area (Å²) in [6.45, 7) is 2.99. The second-order valence-corrected chi connectivity index (χ2v) is 5.65. The molecule has 9 heteroatoms. The number of aromatic nitrogens is 6. The summed E-state index contributed by atoms with van der Waals surface area (Å²) in [6.07, 6.45) is 4.19. The molecule has 0 saturated carbocycles. The Balaban J connectivity index is 1.88. The van der Waals surface area contributed by atoms with Gasteiger partial charge in [0, 0.05) is 6.54 Å². The molecule has 0 atom stereocenters. The molecule has 0 bridgehead atoms. The van der Waals surface area contributed by atoms with Gasteiger partial charge in [-0.3, -0.25) is 0 Å². The summed E-state index contributed by atoms with van der Waals surface area (Å²) < 4.78 is 7.31. The molecule has 104 valence electrons. The highest BCUT2D eigenvalue weighted by Crippen LogP contribution is 2.21. The van der Waals surface area contributed by atoms with Gasteiger partial charge < -0.3 is 4.42 Å². The van der Waals surface area contributed by atoms with Gasteiger partial charge in [0.05, 0.1) is 11.5 Å². The summed E-state index contributed by atoms with van der Waals surface area (Å²) in [5.41, 5.74) is 0. The molecule has 19 heavy (non-hydrogen) atoms. The molecule has 0 saturated heterocycles. The van der Waals surface area contributed by atoms with Crippen LogP contribution < -0.4 is 0 Å². The first-order chi connectivity index (χ1) is 9.33. The number of hydrogen-bond donors (Lipinski definition) is 0. The Kier molecular flexibility index (Phi) is 5.64. The highest BCUT2D eigenvalue weighted by molar-refractivity contribution is 7.98. The molecule has 0 aromatic carbocycles. The van der Waals surface area contributed by atoms with E-state index in [0.717, 1.165) is 31.0 Å². The van der Waals surface area contributed by atoms with Crippen molar-refractivity contribution in [2.24, 2.45) is 0 Å². The van der Waals surface area contributed by atoms with Crippen LogP contribution in [0.25, 0.3) is 0 Å². The van der Waals surface area contributed by atoms with Crippen LogP contribution in [0.4, 0.5) is 0 Å². The third-order valence-electron chi connectivity index (χ3n) is 2.37. The van der Waals surface area contributed by atoms with E-state index in [1.807, 2.05) is 10.9 Å². The van der Waals surface area contributed by atoms with Crippen LogP contribution in [0.15, 0.2) is 9.64 Å². The fourth-order valence-corrected chi connectivity index (χ4v) is 2.49. The lowest BCUT2D eigenvalue weighted by Gasteiger charge is -2.01. The van der Waals surface area contributed by atoms with Gasteiger partial charge in [0.25, 0.3) is 5.22 Å². The first-order valence-corrected chi connectivity index (χ1v) is 8.40. The fourth-order valence-electron chi connectivity index (χ4n) is 1.41. The molecule has 0 fully saturated rings. The van der Waals surface area contributed by atoms with E-state index in [4.69, 9.17) is 4.42 Å². The van der Waals surface area contributed by atoms with Crippen molar-refractivity contribution in [3.05, 3.63) is 11.7 Å². The van der Waals surface area contributed by atoms with Gasteiger partial charge in [-0.05, 0) is 23.1 Å². The first-order valence-electron chi connectivity index (χ1n) is 6.02. The van der Waals surface area contributed by atoms with Crippen molar-refractivity contribution in [3.63, 3.8) is 0 Å². The number of aryl methyl sites for hydroxylation is 1. The molecule has 0 unspecified atom stereocenters. The van der Waals surface area contributed by atoms with Crippen LogP contribution in [0.2, 0.25) is 0 Å². The summed E-state index contributed by atoms with van der Waals surface area (Å²) >= 11 is 3.11. The Morgan fingerprint density at radius 3 is 2.89 bits per heavy atom. The van der Waals surface area contributed by atoms with E-state index in [-0.39, 0.29) is 0 Å². The standard InChI is InChI=1S/C10H16N6OS2/c1-3-4-5-16-8(11-14-15-16)6-19-10-13-12-9(17-10)7-18-2/h3-7H2,1-2H3. The predicted octanol–water partition coefficient (Wildman–Crippen LogP) is 2.01. The Labute approximate surface area is 119 Å².